The van der Waals surface area contributed by atoms with Crippen LogP contribution >= 0.6 is 23.4 Å². The molecular weight excluding hydrogens is 566 g/mol. The zero-order valence-electron chi connectivity index (χ0n) is 22.7. The lowest BCUT2D eigenvalue weighted by molar-refractivity contribution is -0.116. The molecule has 41 heavy (non-hydrogen) atoms. The standard InChI is InChI=1S/C29H28ClN5O5S/c1-38-23-13-19(14-24(39-2)27(23)40-3)28(37)31-16-25-32-33-29(35(25)21-9-6-8-20(30)15-21)41-17-26(36)34-12-11-18-7-4-5-10-22(18)34/h4-10,13-15H,11-12,16-17H2,1-3H3,(H,31,37). The molecule has 0 unspecified atom stereocenters. The van der Waals surface area contributed by atoms with Crippen LogP contribution in [0.3, 0.4) is 0 Å². The van der Waals surface area contributed by atoms with Gasteiger partial charge in [0.1, 0.15) is 0 Å². The van der Waals surface area contributed by atoms with E-state index >= 15 is 0 Å². The number of rotatable bonds is 10. The highest BCUT2D eigenvalue weighted by Gasteiger charge is 2.25. The number of anilines is 1. The van der Waals surface area contributed by atoms with E-state index in [2.05, 4.69) is 15.5 Å². The highest BCUT2D eigenvalue weighted by Crippen LogP contribution is 2.38. The van der Waals surface area contributed by atoms with Crippen LogP contribution < -0.4 is 24.4 Å². The number of ether oxygens (including phenoxy) is 3. The second-order valence-electron chi connectivity index (χ2n) is 9.02. The molecule has 0 saturated carbocycles. The van der Waals surface area contributed by atoms with Crippen molar-refractivity contribution in [1.82, 2.24) is 20.1 Å². The number of aromatic nitrogens is 3. The van der Waals surface area contributed by atoms with Gasteiger partial charge in [-0.15, -0.1) is 10.2 Å². The van der Waals surface area contributed by atoms with Gasteiger partial charge in [0.05, 0.1) is 39.3 Å². The zero-order chi connectivity index (χ0) is 28.9. The maximum atomic E-state index is 13.2. The predicted octanol–water partition coefficient (Wildman–Crippen LogP) is 4.56. The number of nitrogens with one attached hydrogen (secondary N) is 1. The summed E-state index contributed by atoms with van der Waals surface area (Å²) in [6, 6.07) is 18.3. The molecule has 3 aromatic carbocycles. The second kappa shape index (κ2) is 12.5. The summed E-state index contributed by atoms with van der Waals surface area (Å²) >= 11 is 7.57. The Hall–Kier alpha value is -4.22. The largest absolute Gasteiger partial charge is 0.493 e. The number of halogens is 1. The summed E-state index contributed by atoms with van der Waals surface area (Å²) in [5.41, 5.74) is 3.14. The van der Waals surface area contributed by atoms with E-state index in [4.69, 9.17) is 25.8 Å². The van der Waals surface area contributed by atoms with Gasteiger partial charge < -0.3 is 24.4 Å². The molecule has 2 heterocycles. The summed E-state index contributed by atoms with van der Waals surface area (Å²) in [6.07, 6.45) is 0.834. The van der Waals surface area contributed by atoms with Gasteiger partial charge in [-0.1, -0.05) is 47.6 Å². The number of hydrogen-bond acceptors (Lipinski definition) is 8. The molecule has 0 saturated heterocycles. The molecule has 12 heteroatoms. The van der Waals surface area contributed by atoms with E-state index in [-0.39, 0.29) is 24.1 Å². The molecule has 0 spiro atoms. The lowest BCUT2D eigenvalue weighted by atomic mass is 10.1. The van der Waals surface area contributed by atoms with Crippen molar-refractivity contribution in [2.45, 2.75) is 18.1 Å². The highest BCUT2D eigenvalue weighted by atomic mass is 35.5. The van der Waals surface area contributed by atoms with Crippen molar-refractivity contribution in [1.29, 1.82) is 0 Å². The van der Waals surface area contributed by atoms with Gasteiger partial charge in [0.25, 0.3) is 5.91 Å². The molecule has 0 aliphatic carbocycles. The fourth-order valence-electron chi connectivity index (χ4n) is 4.66. The molecule has 5 rings (SSSR count). The number of hydrogen-bond donors (Lipinski definition) is 1. The summed E-state index contributed by atoms with van der Waals surface area (Å²) < 4.78 is 17.9. The Kier molecular flexibility index (Phi) is 8.65. The number of benzene rings is 3. The Morgan fingerprint density at radius 3 is 2.44 bits per heavy atom. The summed E-state index contributed by atoms with van der Waals surface area (Å²) in [5.74, 6) is 1.37. The second-order valence-corrected chi connectivity index (χ2v) is 10.4. The Bertz CT molecular complexity index is 1570. The van der Waals surface area contributed by atoms with Crippen LogP contribution in [-0.4, -0.2) is 60.2 Å². The Labute approximate surface area is 246 Å². The molecule has 0 radical (unpaired) electrons. The first kappa shape index (κ1) is 28.3. The van der Waals surface area contributed by atoms with Gasteiger partial charge in [-0.3, -0.25) is 14.2 Å². The third kappa shape index (κ3) is 5.96. The lowest BCUT2D eigenvalue weighted by Crippen LogP contribution is -2.30. The van der Waals surface area contributed by atoms with Crippen LogP contribution in [0.4, 0.5) is 5.69 Å². The Morgan fingerprint density at radius 1 is 0.976 bits per heavy atom. The van der Waals surface area contributed by atoms with E-state index in [9.17, 15) is 9.59 Å². The monoisotopic (exact) mass is 593 g/mol. The number of para-hydroxylation sites is 1. The van der Waals surface area contributed by atoms with Crippen LogP contribution in [-0.2, 0) is 17.8 Å². The molecule has 2 amide bonds. The summed E-state index contributed by atoms with van der Waals surface area (Å²) in [4.78, 5) is 28.1. The van der Waals surface area contributed by atoms with E-state index in [1.165, 1.54) is 33.1 Å². The minimum absolute atomic E-state index is 0.0159. The lowest BCUT2D eigenvalue weighted by Gasteiger charge is -2.17. The minimum atomic E-state index is -0.373. The van der Waals surface area contributed by atoms with Crippen molar-refractivity contribution in [2.24, 2.45) is 0 Å². The quantitative estimate of drug-likeness (QED) is 0.267. The van der Waals surface area contributed by atoms with Crippen molar-refractivity contribution < 1.29 is 23.8 Å². The smallest absolute Gasteiger partial charge is 0.251 e. The van der Waals surface area contributed by atoms with E-state index in [1.54, 1.807) is 33.7 Å². The number of amides is 2. The summed E-state index contributed by atoms with van der Waals surface area (Å²) in [7, 11) is 4.47. The number of methoxy groups -OCH3 is 3. The Morgan fingerprint density at radius 2 is 1.73 bits per heavy atom. The maximum absolute atomic E-state index is 13.2. The SMILES string of the molecule is COc1cc(C(=O)NCc2nnc(SCC(=O)N3CCc4ccccc43)n2-c2cccc(Cl)c2)cc(OC)c1OC. The molecular formula is C29H28ClN5O5S. The van der Waals surface area contributed by atoms with E-state index < -0.39 is 0 Å². The van der Waals surface area contributed by atoms with Crippen molar-refractivity contribution in [3.8, 4) is 22.9 Å². The van der Waals surface area contributed by atoms with E-state index in [1.807, 2.05) is 36.4 Å². The van der Waals surface area contributed by atoms with Crippen molar-refractivity contribution in [3.63, 3.8) is 0 Å². The number of fused-ring (bicyclic) bond motifs is 1. The molecule has 1 aromatic heterocycles. The molecule has 0 bridgehead atoms. The van der Waals surface area contributed by atoms with Gasteiger partial charge in [-0.2, -0.15) is 0 Å². The van der Waals surface area contributed by atoms with Gasteiger partial charge in [0, 0.05) is 22.8 Å². The van der Waals surface area contributed by atoms with Crippen molar-refractivity contribution in [2.75, 3.05) is 38.5 Å². The number of carbonyl (C=O) groups is 2. The number of carbonyl (C=O) groups excluding carboxylic acids is 2. The van der Waals surface area contributed by atoms with Crippen molar-refractivity contribution >= 4 is 40.9 Å². The molecule has 1 aliphatic heterocycles. The first-order chi connectivity index (χ1) is 19.9. The van der Waals surface area contributed by atoms with Crippen LogP contribution in [0, 0.1) is 0 Å². The third-order valence-corrected chi connectivity index (χ3v) is 7.76. The third-order valence-electron chi connectivity index (χ3n) is 6.61. The van der Waals surface area contributed by atoms with Gasteiger partial charge in [-0.25, -0.2) is 0 Å². The van der Waals surface area contributed by atoms with Gasteiger partial charge in [-0.05, 0) is 48.4 Å². The molecule has 1 aliphatic rings. The maximum Gasteiger partial charge on any atom is 0.251 e. The molecule has 0 fully saturated rings. The molecule has 212 valence electrons. The topological polar surface area (TPSA) is 108 Å². The van der Waals surface area contributed by atoms with Gasteiger partial charge in [0.2, 0.25) is 11.7 Å². The van der Waals surface area contributed by atoms with Crippen LogP contribution in [0.15, 0.2) is 65.8 Å². The number of nitrogens with zero attached hydrogens (tertiary/aromatic N) is 4. The van der Waals surface area contributed by atoms with E-state index in [0.717, 1.165) is 17.7 Å². The predicted molar refractivity (Wildman–Crippen MR) is 157 cm³/mol. The normalized spacial score (nSPS) is 12.1. The minimum Gasteiger partial charge on any atom is -0.493 e. The fraction of sp³-hybridized carbons (Fsp3) is 0.241. The summed E-state index contributed by atoms with van der Waals surface area (Å²) in [6.45, 7) is 0.709. The van der Waals surface area contributed by atoms with Crippen LogP contribution in [0.25, 0.3) is 5.69 Å². The van der Waals surface area contributed by atoms with Crippen LogP contribution in [0.1, 0.15) is 21.7 Å². The van der Waals surface area contributed by atoms with Crippen LogP contribution in [0.2, 0.25) is 5.02 Å². The molecule has 4 aromatic rings. The van der Waals surface area contributed by atoms with Gasteiger partial charge >= 0.3 is 0 Å². The van der Waals surface area contributed by atoms with Crippen molar-refractivity contribution in [3.05, 3.63) is 82.6 Å². The summed E-state index contributed by atoms with van der Waals surface area (Å²) in [5, 5.41) is 12.6. The Balaban J connectivity index is 1.36. The average Bonchev–Trinajstić information content (AvgIpc) is 3.62. The first-order valence-corrected chi connectivity index (χ1v) is 14.1. The first-order valence-electron chi connectivity index (χ1n) is 12.7. The van der Waals surface area contributed by atoms with Gasteiger partial charge in [0.15, 0.2) is 22.5 Å². The zero-order valence-corrected chi connectivity index (χ0v) is 24.3. The fourth-order valence-corrected chi connectivity index (χ4v) is 5.69. The van der Waals surface area contributed by atoms with E-state index in [0.29, 0.717) is 51.0 Å². The highest BCUT2D eigenvalue weighted by molar-refractivity contribution is 7.99. The molecule has 0 atom stereocenters. The van der Waals surface area contributed by atoms with Crippen LogP contribution in [0.5, 0.6) is 17.2 Å². The average molecular weight is 594 g/mol. The molecule has 10 nitrogen and oxygen atoms in total. The molecule has 1 N–H and O–H groups in total. The number of thioether (sulfide) groups is 1.